The standard InChI is InChI=1S/C28H18N8O14S2.2Na/c37-23-9-16(36(43)44)5-6-19(23)30-34-26-27(39)21(32-29-14-1-3-15(4-2-14)35(41)42)12-22(28(26)40)33-31-20-10-17(51(45,46)47)7-13-8-18(52(48,49)50)11-24(38)25(13)20;;/h1-12,29,31,33,38H,(H,45,46,47)(H,48,49,50);;/q;2*+1/p-2/b30-19-,32-21-,34-26+;;. The van der Waals surface area contributed by atoms with E-state index in [4.69, 9.17) is 0 Å². The van der Waals surface area contributed by atoms with Gasteiger partial charge in [0.1, 0.15) is 42.7 Å². The first kappa shape index (κ1) is 43.4. The largest absolute Gasteiger partial charge is 1.00 e. The molecule has 5 rings (SSSR count). The molecule has 0 aliphatic heterocycles. The van der Waals surface area contributed by atoms with Gasteiger partial charge in [-0.2, -0.15) is 5.10 Å². The molecule has 0 radical (unpaired) electrons. The summed E-state index contributed by atoms with van der Waals surface area (Å²) in [6, 6.07) is 8.16. The molecule has 4 aromatic rings. The maximum Gasteiger partial charge on any atom is 1.00 e. The number of phenolic OH excluding ortho intramolecular Hbond substituents is 1. The zero-order valence-corrected chi connectivity index (χ0v) is 32.9. The number of hydrazine groups is 1. The van der Waals surface area contributed by atoms with E-state index >= 15 is 0 Å². The van der Waals surface area contributed by atoms with E-state index in [0.29, 0.717) is 30.3 Å². The number of fused-ring (bicyclic) bond motifs is 1. The van der Waals surface area contributed by atoms with E-state index in [1.807, 2.05) is 0 Å². The molecule has 0 saturated heterocycles. The number of non-ortho nitro benzene ring substituents is 1. The van der Waals surface area contributed by atoms with Gasteiger partial charge in [0, 0.05) is 23.6 Å². The molecule has 0 fully saturated rings. The number of anilines is 3. The first-order chi connectivity index (χ1) is 24.3. The Morgan fingerprint density at radius 1 is 0.722 bits per heavy atom. The summed E-state index contributed by atoms with van der Waals surface area (Å²) in [6.45, 7) is 0. The topological polar surface area (TPSA) is 345 Å². The number of ketones is 1. The minimum absolute atomic E-state index is 0. The van der Waals surface area contributed by atoms with Crippen molar-refractivity contribution >= 4 is 65.3 Å². The van der Waals surface area contributed by atoms with Crippen molar-refractivity contribution in [3.05, 3.63) is 130 Å². The Morgan fingerprint density at radius 3 is 1.87 bits per heavy atom. The molecule has 0 amide bonds. The Balaban J connectivity index is 0.00000392. The molecule has 0 aromatic heterocycles. The van der Waals surface area contributed by atoms with Crippen LogP contribution in [0.3, 0.4) is 0 Å². The van der Waals surface area contributed by atoms with Crippen LogP contribution in [0.2, 0.25) is 0 Å². The molecule has 22 nitrogen and oxygen atoms in total. The van der Waals surface area contributed by atoms with Gasteiger partial charge in [-0.1, -0.05) is 0 Å². The second kappa shape index (κ2) is 17.0. The summed E-state index contributed by atoms with van der Waals surface area (Å²) in [7, 11) is -10.4. The summed E-state index contributed by atoms with van der Waals surface area (Å²) < 4.78 is 70.4. The van der Waals surface area contributed by atoms with Crippen LogP contribution in [0.4, 0.5) is 22.7 Å². The SMILES string of the molecule is O=C1C=C([N+](=O)[O-])C=C/C1=N/N=c1/c(=O)c(NNc2cc(S(=O)(=O)[O-])cc3cc(S(=O)(=O)[O-])cc(O)c23)c/c(=N/Nc2ccc([N+](=O)[O-])cc2)c1=O.[Na+].[Na+]. The van der Waals surface area contributed by atoms with Crippen LogP contribution < -0.4 is 97.0 Å². The third-order valence-electron chi connectivity index (χ3n) is 6.87. The van der Waals surface area contributed by atoms with Gasteiger partial charge in [-0.15, -0.1) is 10.2 Å². The molecule has 0 spiro atoms. The Morgan fingerprint density at radius 2 is 1.31 bits per heavy atom. The number of aromatic hydroxyl groups is 1. The number of hydrogen-bond donors (Lipinski definition) is 4. The van der Waals surface area contributed by atoms with Crippen LogP contribution in [-0.4, -0.2) is 52.4 Å². The van der Waals surface area contributed by atoms with Crippen molar-refractivity contribution in [3.63, 3.8) is 0 Å². The van der Waals surface area contributed by atoms with Crippen molar-refractivity contribution in [1.29, 1.82) is 0 Å². The van der Waals surface area contributed by atoms with Crippen molar-refractivity contribution in [1.82, 2.24) is 0 Å². The molecular weight excluding hydrogens is 782 g/mol. The molecule has 1 aliphatic rings. The van der Waals surface area contributed by atoms with Crippen molar-refractivity contribution in [2.24, 2.45) is 15.3 Å². The Labute approximate surface area is 344 Å². The molecule has 0 saturated carbocycles. The van der Waals surface area contributed by atoms with Crippen LogP contribution >= 0.6 is 0 Å². The van der Waals surface area contributed by atoms with Crippen molar-refractivity contribution in [2.45, 2.75) is 9.79 Å². The van der Waals surface area contributed by atoms with E-state index in [9.17, 15) is 65.7 Å². The molecule has 0 atom stereocenters. The molecule has 26 heteroatoms. The van der Waals surface area contributed by atoms with Gasteiger partial charge in [0.05, 0.1) is 37.1 Å². The van der Waals surface area contributed by atoms with Gasteiger partial charge in [-0.3, -0.25) is 50.9 Å². The van der Waals surface area contributed by atoms with Crippen LogP contribution in [0.5, 0.6) is 5.75 Å². The number of rotatable bonds is 10. The second-order valence-corrected chi connectivity index (χ2v) is 13.0. The van der Waals surface area contributed by atoms with E-state index < -0.39 is 101 Å². The number of nitro groups is 2. The summed E-state index contributed by atoms with van der Waals surface area (Å²) >= 11 is 0. The number of nitrogens with zero attached hydrogens (tertiary/aromatic N) is 5. The molecule has 4 aromatic carbocycles. The number of allylic oxidation sites excluding steroid dienone is 3. The van der Waals surface area contributed by atoms with E-state index in [1.54, 1.807) is 0 Å². The third-order valence-corrected chi connectivity index (χ3v) is 8.49. The molecule has 4 N–H and O–H groups in total. The van der Waals surface area contributed by atoms with Gasteiger partial charge in [0.25, 0.3) is 11.4 Å². The Bertz CT molecular complexity index is 2800. The first-order valence-electron chi connectivity index (χ1n) is 13.7. The minimum Gasteiger partial charge on any atom is -0.744 e. The average Bonchev–Trinajstić information content (AvgIpc) is 3.06. The Kier molecular flexibility index (Phi) is 13.6. The van der Waals surface area contributed by atoms with Crippen LogP contribution in [0.1, 0.15) is 0 Å². The fraction of sp³-hybridized carbons (Fsp3) is 0. The van der Waals surface area contributed by atoms with Crippen LogP contribution in [0.15, 0.2) is 113 Å². The summed E-state index contributed by atoms with van der Waals surface area (Å²) in [5, 5.41) is 41.2. The molecule has 0 heterocycles. The van der Waals surface area contributed by atoms with E-state index in [0.717, 1.165) is 30.4 Å². The number of carbonyl (C=O) groups is 1. The smallest absolute Gasteiger partial charge is 0.744 e. The summed E-state index contributed by atoms with van der Waals surface area (Å²) in [6.07, 6.45) is 2.43. The Hall–Kier alpha value is -5.02. The van der Waals surface area contributed by atoms with Crippen LogP contribution in [0.25, 0.3) is 10.8 Å². The number of nitro benzene ring substituents is 1. The van der Waals surface area contributed by atoms with Crippen LogP contribution in [0, 0.1) is 20.2 Å². The van der Waals surface area contributed by atoms with Gasteiger partial charge in [-0.05, 0) is 53.9 Å². The molecule has 266 valence electrons. The summed E-state index contributed by atoms with van der Waals surface area (Å²) in [5.41, 5.74) is 2.45. The molecular formula is C28H16N8Na2O14S2. The van der Waals surface area contributed by atoms with Crippen molar-refractivity contribution < 1.29 is 105 Å². The maximum absolute atomic E-state index is 13.5. The molecule has 0 unspecified atom stereocenters. The average molecular weight is 799 g/mol. The number of hydrogen-bond acceptors (Lipinski definition) is 20. The maximum atomic E-state index is 13.5. The second-order valence-electron chi connectivity index (χ2n) is 10.3. The quantitative estimate of drug-likeness (QED) is 0.0381. The van der Waals surface area contributed by atoms with E-state index in [-0.39, 0.29) is 75.9 Å². The number of carbonyl (C=O) groups excluding carboxylic acids is 1. The molecule has 54 heavy (non-hydrogen) atoms. The fourth-order valence-corrected chi connectivity index (χ4v) is 5.49. The van der Waals surface area contributed by atoms with Gasteiger partial charge in [0.2, 0.25) is 16.6 Å². The number of nitrogens with one attached hydrogen (secondary N) is 3. The number of benzene rings is 4. The van der Waals surface area contributed by atoms with Gasteiger partial charge >= 0.3 is 59.1 Å². The van der Waals surface area contributed by atoms with E-state index in [2.05, 4.69) is 31.6 Å². The van der Waals surface area contributed by atoms with Crippen LogP contribution in [-0.2, 0) is 25.0 Å². The van der Waals surface area contributed by atoms with Gasteiger partial charge in [-0.25, -0.2) is 16.8 Å². The minimum atomic E-state index is -5.26. The first-order valence-corrected chi connectivity index (χ1v) is 16.5. The summed E-state index contributed by atoms with van der Waals surface area (Å²) in [4.78, 5) is 57.6. The molecule has 1 aliphatic carbocycles. The fourth-order valence-electron chi connectivity index (χ4n) is 4.43. The monoisotopic (exact) mass is 798 g/mol. The van der Waals surface area contributed by atoms with Gasteiger partial charge < -0.3 is 14.2 Å². The number of phenols is 1. The summed E-state index contributed by atoms with van der Waals surface area (Å²) in [5.74, 6) is -1.87. The third kappa shape index (κ3) is 9.74. The van der Waals surface area contributed by atoms with Crippen molar-refractivity contribution in [3.8, 4) is 5.75 Å². The zero-order chi connectivity index (χ0) is 38.1. The normalized spacial score (nSPS) is 14.2. The predicted octanol–water partition coefficient (Wildman–Crippen LogP) is -6.21. The van der Waals surface area contributed by atoms with Crippen molar-refractivity contribution in [2.75, 3.05) is 16.3 Å². The van der Waals surface area contributed by atoms with E-state index in [1.165, 1.54) is 12.1 Å². The molecule has 0 bridgehead atoms. The zero-order valence-electron chi connectivity index (χ0n) is 27.2. The predicted molar refractivity (Wildman–Crippen MR) is 175 cm³/mol. The van der Waals surface area contributed by atoms with Gasteiger partial charge in [0.15, 0.2) is 5.36 Å².